The highest BCUT2D eigenvalue weighted by molar-refractivity contribution is 5.97. The van der Waals surface area contributed by atoms with Gasteiger partial charge in [-0.15, -0.1) is 0 Å². The second kappa shape index (κ2) is 8.46. The predicted octanol–water partition coefficient (Wildman–Crippen LogP) is 3.29. The number of hydrogen-bond donors (Lipinski definition) is 2. The number of urea groups is 1. The lowest BCUT2D eigenvalue weighted by molar-refractivity contribution is -0.153. The van der Waals surface area contributed by atoms with Gasteiger partial charge in [0.25, 0.3) is 5.91 Å². The minimum atomic E-state index is -1.07. The van der Waals surface area contributed by atoms with Gasteiger partial charge in [-0.2, -0.15) is 0 Å². The second-order valence-electron chi connectivity index (χ2n) is 7.40. The molecule has 7 heteroatoms. The quantitative estimate of drug-likeness (QED) is 0.769. The number of hydrogen-bond acceptors (Lipinski definition) is 5. The first-order valence-corrected chi connectivity index (χ1v) is 9.62. The van der Waals surface area contributed by atoms with Crippen molar-refractivity contribution in [3.63, 3.8) is 0 Å². The van der Waals surface area contributed by atoms with Crippen LogP contribution in [0.25, 0.3) is 11.0 Å². The molecule has 1 aromatic heterocycles. The molecule has 7 nitrogen and oxygen atoms in total. The van der Waals surface area contributed by atoms with E-state index in [4.69, 9.17) is 9.15 Å². The maximum atomic E-state index is 12.2. The molecule has 3 amide bonds. The van der Waals surface area contributed by atoms with Crippen molar-refractivity contribution in [3.05, 3.63) is 35.1 Å². The third kappa shape index (κ3) is 4.52. The Bertz CT molecular complexity index is 896. The number of furan rings is 1. The summed E-state index contributed by atoms with van der Waals surface area (Å²) in [6.07, 6.45) is 4.46. The number of fused-ring (bicyclic) bond motifs is 1. The highest BCUT2D eigenvalue weighted by Gasteiger charge is 2.23. The lowest BCUT2D eigenvalue weighted by Gasteiger charge is -2.15. The van der Waals surface area contributed by atoms with E-state index in [9.17, 15) is 14.4 Å². The molecule has 28 heavy (non-hydrogen) atoms. The van der Waals surface area contributed by atoms with Crippen LogP contribution in [0.5, 0.6) is 0 Å². The molecule has 1 aliphatic carbocycles. The van der Waals surface area contributed by atoms with Crippen LogP contribution in [0.1, 0.15) is 49.3 Å². The van der Waals surface area contributed by atoms with Gasteiger partial charge in [0.05, 0.1) is 12.7 Å². The first-order valence-electron chi connectivity index (χ1n) is 9.62. The molecule has 150 valence electrons. The van der Waals surface area contributed by atoms with Crippen LogP contribution in [-0.2, 0) is 20.7 Å². The van der Waals surface area contributed by atoms with Crippen molar-refractivity contribution < 1.29 is 23.5 Å². The number of benzene rings is 1. The van der Waals surface area contributed by atoms with Crippen molar-refractivity contribution in [3.8, 4) is 0 Å². The van der Waals surface area contributed by atoms with E-state index in [1.165, 1.54) is 13.2 Å². The van der Waals surface area contributed by atoms with Crippen molar-refractivity contribution in [2.75, 3.05) is 0 Å². The van der Waals surface area contributed by atoms with Gasteiger partial charge < -0.3 is 14.5 Å². The molecule has 1 heterocycles. The summed E-state index contributed by atoms with van der Waals surface area (Å²) >= 11 is 0. The molecule has 0 saturated heterocycles. The predicted molar refractivity (Wildman–Crippen MR) is 104 cm³/mol. The van der Waals surface area contributed by atoms with Gasteiger partial charge in [-0.25, -0.2) is 4.79 Å². The number of ether oxygens (including phenoxy) is 1. The van der Waals surface area contributed by atoms with Crippen molar-refractivity contribution in [1.29, 1.82) is 0 Å². The molecular weight excluding hydrogens is 360 g/mol. The molecule has 0 bridgehead atoms. The molecule has 1 fully saturated rings. The SMILES string of the molecule is Cc1ccc2c(CC(=O)O[C@@H](C)C(=O)NC(=O)NC3CCCC3)coc2c1C. The number of carbonyl (C=O) groups excluding carboxylic acids is 3. The van der Waals surface area contributed by atoms with Crippen LogP contribution in [0.4, 0.5) is 4.79 Å². The van der Waals surface area contributed by atoms with Crippen LogP contribution in [0.2, 0.25) is 0 Å². The minimum absolute atomic E-state index is 0.0125. The summed E-state index contributed by atoms with van der Waals surface area (Å²) in [6.45, 7) is 5.40. The second-order valence-corrected chi connectivity index (χ2v) is 7.40. The van der Waals surface area contributed by atoms with Gasteiger partial charge >= 0.3 is 12.0 Å². The maximum Gasteiger partial charge on any atom is 0.321 e. The number of carbonyl (C=O) groups is 3. The van der Waals surface area contributed by atoms with Crippen LogP contribution in [0, 0.1) is 13.8 Å². The van der Waals surface area contributed by atoms with Crippen molar-refractivity contribution in [1.82, 2.24) is 10.6 Å². The average Bonchev–Trinajstić information content (AvgIpc) is 3.28. The first kappa shape index (κ1) is 19.9. The van der Waals surface area contributed by atoms with Crippen molar-refractivity contribution in [2.24, 2.45) is 0 Å². The fraction of sp³-hybridized carbons (Fsp3) is 0.476. The molecule has 2 N–H and O–H groups in total. The Balaban J connectivity index is 1.53. The number of imide groups is 1. The molecule has 0 unspecified atom stereocenters. The number of esters is 1. The highest BCUT2D eigenvalue weighted by atomic mass is 16.5. The summed E-state index contributed by atoms with van der Waals surface area (Å²) in [5.41, 5.74) is 3.59. The molecule has 1 saturated carbocycles. The number of rotatable bonds is 5. The molecule has 0 spiro atoms. The zero-order valence-corrected chi connectivity index (χ0v) is 16.5. The van der Waals surface area contributed by atoms with E-state index in [0.717, 1.165) is 47.8 Å². The monoisotopic (exact) mass is 386 g/mol. The largest absolute Gasteiger partial charge is 0.464 e. The third-order valence-electron chi connectivity index (χ3n) is 5.28. The summed E-state index contributed by atoms with van der Waals surface area (Å²) in [5, 5.41) is 5.84. The summed E-state index contributed by atoms with van der Waals surface area (Å²) in [4.78, 5) is 36.2. The van der Waals surface area contributed by atoms with E-state index in [2.05, 4.69) is 10.6 Å². The Labute approximate surface area is 163 Å². The highest BCUT2D eigenvalue weighted by Crippen LogP contribution is 2.27. The summed E-state index contributed by atoms with van der Waals surface area (Å²) in [7, 11) is 0. The number of amides is 3. The molecule has 3 rings (SSSR count). The Morgan fingerprint density at radius 3 is 2.64 bits per heavy atom. The third-order valence-corrected chi connectivity index (χ3v) is 5.28. The summed E-state index contributed by atoms with van der Waals surface area (Å²) in [6, 6.07) is 3.44. The van der Waals surface area contributed by atoms with E-state index in [0.29, 0.717) is 5.56 Å². The fourth-order valence-corrected chi connectivity index (χ4v) is 3.48. The van der Waals surface area contributed by atoms with Crippen LogP contribution in [0.3, 0.4) is 0 Å². The smallest absolute Gasteiger partial charge is 0.321 e. The van der Waals surface area contributed by atoms with Gasteiger partial charge in [-0.1, -0.05) is 25.0 Å². The van der Waals surface area contributed by atoms with E-state index in [-0.39, 0.29) is 12.5 Å². The average molecular weight is 386 g/mol. The lowest BCUT2D eigenvalue weighted by atomic mass is 10.0. The molecule has 0 radical (unpaired) electrons. The van der Waals surface area contributed by atoms with E-state index < -0.39 is 24.0 Å². The normalized spacial score (nSPS) is 15.4. The first-order chi connectivity index (χ1) is 13.3. The summed E-state index contributed by atoms with van der Waals surface area (Å²) < 4.78 is 10.8. The molecular formula is C21H26N2O5. The molecule has 1 aromatic carbocycles. The van der Waals surface area contributed by atoms with Gasteiger partial charge in [-0.05, 0) is 44.7 Å². The minimum Gasteiger partial charge on any atom is -0.464 e. The molecule has 2 aromatic rings. The fourth-order valence-electron chi connectivity index (χ4n) is 3.48. The van der Waals surface area contributed by atoms with Crippen LogP contribution < -0.4 is 10.6 Å². The van der Waals surface area contributed by atoms with E-state index in [1.54, 1.807) is 0 Å². The Kier molecular flexibility index (Phi) is 6.02. The number of nitrogens with one attached hydrogen (secondary N) is 2. The van der Waals surface area contributed by atoms with Gasteiger partial charge in [0.15, 0.2) is 6.10 Å². The van der Waals surface area contributed by atoms with E-state index >= 15 is 0 Å². The zero-order valence-electron chi connectivity index (χ0n) is 16.5. The molecule has 1 aliphatic rings. The maximum absolute atomic E-state index is 12.2. The van der Waals surface area contributed by atoms with Crippen LogP contribution in [0.15, 0.2) is 22.8 Å². The van der Waals surface area contributed by atoms with E-state index in [1.807, 2.05) is 26.0 Å². The molecule has 0 aliphatic heterocycles. The standard InChI is InChI=1S/C21H26N2O5/c1-12-8-9-17-15(11-27-19(17)13(12)2)10-18(24)28-14(3)20(25)23-21(26)22-16-6-4-5-7-16/h8-9,11,14,16H,4-7,10H2,1-3H3,(H2,22,23,25,26)/t14-/m0/s1. The van der Waals surface area contributed by atoms with Crippen molar-refractivity contribution in [2.45, 2.75) is 65.0 Å². The van der Waals surface area contributed by atoms with Gasteiger partial charge in [-0.3, -0.25) is 14.9 Å². The summed E-state index contributed by atoms with van der Waals surface area (Å²) in [5.74, 6) is -1.20. The zero-order chi connectivity index (χ0) is 20.3. The van der Waals surface area contributed by atoms with Crippen LogP contribution in [-0.4, -0.2) is 30.1 Å². The Morgan fingerprint density at radius 1 is 1.21 bits per heavy atom. The van der Waals surface area contributed by atoms with Crippen molar-refractivity contribution >= 4 is 28.9 Å². The van der Waals surface area contributed by atoms with Gasteiger partial charge in [0, 0.05) is 17.0 Å². The Morgan fingerprint density at radius 2 is 1.93 bits per heavy atom. The molecule has 1 atom stereocenters. The van der Waals surface area contributed by atoms with Gasteiger partial charge in [0.1, 0.15) is 5.58 Å². The lowest BCUT2D eigenvalue weighted by Crippen LogP contribution is -2.47. The topological polar surface area (TPSA) is 97.6 Å². The number of aryl methyl sites for hydroxylation is 2. The van der Waals surface area contributed by atoms with Crippen LogP contribution >= 0.6 is 0 Å². The van der Waals surface area contributed by atoms with Gasteiger partial charge in [0.2, 0.25) is 0 Å². The Hall–Kier alpha value is -2.83.